The van der Waals surface area contributed by atoms with Gasteiger partial charge in [0.25, 0.3) is 0 Å². The smallest absolute Gasteiger partial charge is 0.119 e. The topological polar surface area (TPSA) is 30.3 Å². The van der Waals surface area contributed by atoms with Crippen molar-refractivity contribution in [3.05, 3.63) is 47.3 Å². The van der Waals surface area contributed by atoms with Crippen LogP contribution in [-0.2, 0) is 13.0 Å². The maximum absolute atomic E-state index is 5.84. The third-order valence-electron chi connectivity index (χ3n) is 5.43. The van der Waals surface area contributed by atoms with Gasteiger partial charge in [0.2, 0.25) is 0 Å². The molecule has 0 amide bonds. The average Bonchev–Trinajstić information content (AvgIpc) is 3.35. The normalized spacial score (nSPS) is 19.3. The van der Waals surface area contributed by atoms with Crippen molar-refractivity contribution in [1.82, 2.24) is 14.7 Å². The Hall–Kier alpha value is -1.81. The molecule has 4 rings (SSSR count). The minimum atomic E-state index is 0.461. The van der Waals surface area contributed by atoms with Crippen molar-refractivity contribution in [2.24, 2.45) is 0 Å². The summed E-state index contributed by atoms with van der Waals surface area (Å²) in [7, 11) is 2.22. The highest BCUT2D eigenvalue weighted by Gasteiger charge is 2.24. The third-order valence-corrected chi connectivity index (χ3v) is 5.43. The number of benzene rings is 1. The summed E-state index contributed by atoms with van der Waals surface area (Å²) in [5, 5.41) is 4.87. The fourth-order valence-corrected chi connectivity index (χ4v) is 3.73. The first-order valence-corrected chi connectivity index (χ1v) is 9.72. The molecule has 0 bridgehead atoms. The van der Waals surface area contributed by atoms with Gasteiger partial charge in [0.05, 0.1) is 11.8 Å². The number of ether oxygens (including phenoxy) is 1. The first-order chi connectivity index (χ1) is 12.2. The molecule has 1 aliphatic carbocycles. The van der Waals surface area contributed by atoms with Crippen LogP contribution in [0.3, 0.4) is 0 Å². The van der Waals surface area contributed by atoms with Crippen LogP contribution in [0.5, 0.6) is 5.75 Å². The molecule has 0 N–H and O–H groups in total. The van der Waals surface area contributed by atoms with E-state index in [1.165, 1.54) is 55.7 Å². The highest BCUT2D eigenvalue weighted by atomic mass is 16.5. The lowest BCUT2D eigenvalue weighted by Gasteiger charge is -2.29. The summed E-state index contributed by atoms with van der Waals surface area (Å²) >= 11 is 0. The number of aryl methyl sites for hydroxylation is 1. The number of piperidine rings is 1. The Kier molecular flexibility index (Phi) is 4.80. The van der Waals surface area contributed by atoms with Gasteiger partial charge < -0.3 is 9.64 Å². The van der Waals surface area contributed by atoms with Crippen molar-refractivity contribution in [1.29, 1.82) is 0 Å². The highest BCUT2D eigenvalue weighted by Crippen LogP contribution is 2.29. The SMILES string of the molecule is CCn1nc(Cc2ccc(OC3CC3)cc2)cc1C1CCN(C)CC1. The summed E-state index contributed by atoms with van der Waals surface area (Å²) < 4.78 is 8.05. The molecule has 134 valence electrons. The van der Waals surface area contributed by atoms with Crippen molar-refractivity contribution in [3.8, 4) is 5.75 Å². The molecule has 2 heterocycles. The Morgan fingerprint density at radius 3 is 2.44 bits per heavy atom. The lowest BCUT2D eigenvalue weighted by atomic mass is 9.93. The van der Waals surface area contributed by atoms with Crippen molar-refractivity contribution in [2.45, 2.75) is 57.6 Å². The summed E-state index contributed by atoms with van der Waals surface area (Å²) in [6.45, 7) is 5.53. The van der Waals surface area contributed by atoms with Gasteiger partial charge in [0.15, 0.2) is 0 Å². The minimum Gasteiger partial charge on any atom is -0.490 e. The van der Waals surface area contributed by atoms with E-state index in [0.717, 1.165) is 18.7 Å². The third kappa shape index (κ3) is 4.06. The van der Waals surface area contributed by atoms with E-state index >= 15 is 0 Å². The van der Waals surface area contributed by atoms with Crippen LogP contribution < -0.4 is 4.74 Å². The molecule has 0 atom stereocenters. The predicted octanol–water partition coefficient (Wildman–Crippen LogP) is 3.84. The van der Waals surface area contributed by atoms with E-state index in [1.54, 1.807) is 0 Å². The zero-order valence-electron chi connectivity index (χ0n) is 15.4. The second-order valence-corrected chi connectivity index (χ2v) is 7.59. The van der Waals surface area contributed by atoms with Crippen molar-refractivity contribution in [2.75, 3.05) is 20.1 Å². The monoisotopic (exact) mass is 339 g/mol. The van der Waals surface area contributed by atoms with Crippen LogP contribution in [0.25, 0.3) is 0 Å². The van der Waals surface area contributed by atoms with Crippen LogP contribution in [0.15, 0.2) is 30.3 Å². The van der Waals surface area contributed by atoms with Crippen LogP contribution in [0.2, 0.25) is 0 Å². The maximum Gasteiger partial charge on any atom is 0.119 e. The number of rotatable bonds is 6. The molecule has 4 nitrogen and oxygen atoms in total. The van der Waals surface area contributed by atoms with E-state index < -0.39 is 0 Å². The first-order valence-electron chi connectivity index (χ1n) is 9.72. The minimum absolute atomic E-state index is 0.461. The lowest BCUT2D eigenvalue weighted by Crippen LogP contribution is -2.30. The van der Waals surface area contributed by atoms with E-state index in [9.17, 15) is 0 Å². The molecular formula is C21H29N3O. The van der Waals surface area contributed by atoms with Gasteiger partial charge in [-0.2, -0.15) is 5.10 Å². The van der Waals surface area contributed by atoms with Gasteiger partial charge in [0.1, 0.15) is 5.75 Å². The summed E-state index contributed by atoms with van der Waals surface area (Å²) in [5.74, 6) is 1.66. The average molecular weight is 339 g/mol. The van der Waals surface area contributed by atoms with Crippen molar-refractivity contribution < 1.29 is 4.74 Å². The lowest BCUT2D eigenvalue weighted by molar-refractivity contribution is 0.250. The van der Waals surface area contributed by atoms with Gasteiger partial charge in [-0.15, -0.1) is 0 Å². The Morgan fingerprint density at radius 2 is 1.80 bits per heavy atom. The molecule has 4 heteroatoms. The number of aromatic nitrogens is 2. The second kappa shape index (κ2) is 7.20. The van der Waals surface area contributed by atoms with Crippen LogP contribution in [0.1, 0.15) is 55.5 Å². The maximum atomic E-state index is 5.84. The van der Waals surface area contributed by atoms with Gasteiger partial charge in [0, 0.05) is 24.6 Å². The van der Waals surface area contributed by atoms with Gasteiger partial charge in [-0.1, -0.05) is 12.1 Å². The van der Waals surface area contributed by atoms with E-state index in [4.69, 9.17) is 9.84 Å². The summed E-state index contributed by atoms with van der Waals surface area (Å²) in [6.07, 6.45) is 6.26. The van der Waals surface area contributed by atoms with Gasteiger partial charge in [-0.25, -0.2) is 0 Å². The summed E-state index contributed by atoms with van der Waals surface area (Å²) in [5.41, 5.74) is 3.92. The molecule has 1 saturated carbocycles. The molecule has 2 aliphatic rings. The fourth-order valence-electron chi connectivity index (χ4n) is 3.73. The predicted molar refractivity (Wildman–Crippen MR) is 100 cm³/mol. The van der Waals surface area contributed by atoms with Gasteiger partial charge in [-0.05, 0) is 76.5 Å². The number of likely N-dealkylation sites (tertiary alicyclic amines) is 1. The molecule has 0 radical (unpaired) electrons. The molecule has 1 aromatic heterocycles. The molecule has 1 saturated heterocycles. The van der Waals surface area contributed by atoms with Crippen molar-refractivity contribution >= 4 is 0 Å². The Morgan fingerprint density at radius 1 is 1.08 bits per heavy atom. The molecule has 1 aliphatic heterocycles. The molecule has 2 aromatic rings. The van der Waals surface area contributed by atoms with Gasteiger partial charge >= 0.3 is 0 Å². The van der Waals surface area contributed by atoms with Crippen LogP contribution >= 0.6 is 0 Å². The zero-order chi connectivity index (χ0) is 17.2. The molecule has 0 spiro atoms. The van der Waals surface area contributed by atoms with Crippen LogP contribution in [-0.4, -0.2) is 40.9 Å². The fraction of sp³-hybridized carbons (Fsp3) is 0.571. The van der Waals surface area contributed by atoms with E-state index in [-0.39, 0.29) is 0 Å². The molecule has 1 aromatic carbocycles. The largest absolute Gasteiger partial charge is 0.490 e. The zero-order valence-corrected chi connectivity index (χ0v) is 15.4. The first kappa shape index (κ1) is 16.6. The molecule has 2 fully saturated rings. The highest BCUT2D eigenvalue weighted by molar-refractivity contribution is 5.31. The van der Waals surface area contributed by atoms with E-state index in [1.807, 2.05) is 0 Å². The number of nitrogens with zero attached hydrogens (tertiary/aromatic N) is 3. The molecular weight excluding hydrogens is 310 g/mol. The van der Waals surface area contributed by atoms with Gasteiger partial charge in [-0.3, -0.25) is 4.68 Å². The molecule has 0 unspecified atom stereocenters. The van der Waals surface area contributed by atoms with E-state index in [0.29, 0.717) is 12.0 Å². The Bertz CT molecular complexity index is 694. The second-order valence-electron chi connectivity index (χ2n) is 7.59. The summed E-state index contributed by atoms with van der Waals surface area (Å²) in [4.78, 5) is 2.43. The quantitative estimate of drug-likeness (QED) is 0.801. The van der Waals surface area contributed by atoms with E-state index in [2.05, 4.69) is 53.9 Å². The van der Waals surface area contributed by atoms with Crippen LogP contribution in [0, 0.1) is 0 Å². The Balaban J connectivity index is 1.45. The Labute approximate surface area is 150 Å². The van der Waals surface area contributed by atoms with Crippen molar-refractivity contribution in [3.63, 3.8) is 0 Å². The summed E-state index contributed by atoms with van der Waals surface area (Å²) in [6, 6.07) is 10.9. The number of hydrogen-bond donors (Lipinski definition) is 0. The number of hydrogen-bond acceptors (Lipinski definition) is 3. The van der Waals surface area contributed by atoms with Crippen LogP contribution in [0.4, 0.5) is 0 Å². The standard InChI is InChI=1S/C21H29N3O/c1-3-24-21(17-10-12-23(2)13-11-17)15-18(22-24)14-16-4-6-19(7-5-16)25-20-8-9-20/h4-7,15,17,20H,3,8-14H2,1-2H3. The molecule has 25 heavy (non-hydrogen) atoms.